The number of nitrogens with zero attached hydrogens (tertiary/aromatic N) is 3. The van der Waals surface area contributed by atoms with Crippen LogP contribution in [-0.2, 0) is 6.54 Å². The molecule has 2 aromatic carbocycles. The van der Waals surface area contributed by atoms with Gasteiger partial charge < -0.3 is 14.6 Å². The molecule has 7 nitrogen and oxygen atoms in total. The van der Waals surface area contributed by atoms with Crippen molar-refractivity contribution in [3.8, 4) is 5.75 Å². The number of rotatable bonds is 6. The van der Waals surface area contributed by atoms with Crippen molar-refractivity contribution in [1.29, 1.82) is 0 Å². The van der Waals surface area contributed by atoms with E-state index in [1.165, 1.54) is 4.40 Å². The predicted octanol–water partition coefficient (Wildman–Crippen LogP) is 4.66. The zero-order valence-corrected chi connectivity index (χ0v) is 19.0. The Labute approximate surface area is 196 Å². The van der Waals surface area contributed by atoms with Crippen LogP contribution in [0, 0.1) is 6.92 Å². The highest BCUT2D eigenvalue weighted by atomic mass is 16.5. The Balaban J connectivity index is 1.62. The zero-order valence-electron chi connectivity index (χ0n) is 19.0. The molecule has 34 heavy (non-hydrogen) atoms. The van der Waals surface area contributed by atoms with Gasteiger partial charge in [0.15, 0.2) is 0 Å². The number of pyridine rings is 1. The number of amides is 1. The molecule has 0 aliphatic carbocycles. The first-order valence-corrected chi connectivity index (χ1v) is 11.1. The highest BCUT2D eigenvalue weighted by Gasteiger charge is 2.20. The fraction of sp³-hybridized carbons (Fsp3) is 0.148. The maximum atomic E-state index is 13.4. The second kappa shape index (κ2) is 8.86. The molecule has 0 fully saturated rings. The molecule has 170 valence electrons. The van der Waals surface area contributed by atoms with Crippen molar-refractivity contribution in [3.63, 3.8) is 0 Å². The molecule has 0 bridgehead atoms. The van der Waals surface area contributed by atoms with Crippen molar-refractivity contribution < 1.29 is 9.53 Å². The summed E-state index contributed by atoms with van der Waals surface area (Å²) in [6, 6.07) is 22.4. The molecule has 0 saturated heterocycles. The molecule has 5 aromatic rings. The maximum absolute atomic E-state index is 13.4. The molecule has 0 spiro atoms. The quantitative estimate of drug-likeness (QED) is 0.407. The van der Waals surface area contributed by atoms with E-state index in [1.807, 2.05) is 68.4 Å². The van der Waals surface area contributed by atoms with Crippen LogP contribution in [0.1, 0.15) is 28.5 Å². The largest absolute Gasteiger partial charge is 0.494 e. The van der Waals surface area contributed by atoms with E-state index in [0.717, 1.165) is 16.9 Å². The van der Waals surface area contributed by atoms with Crippen LogP contribution < -0.4 is 15.6 Å². The Morgan fingerprint density at radius 1 is 1.03 bits per heavy atom. The van der Waals surface area contributed by atoms with E-state index in [1.54, 1.807) is 29.0 Å². The van der Waals surface area contributed by atoms with Crippen LogP contribution in [0.4, 0.5) is 5.69 Å². The molecular weight excluding hydrogens is 428 g/mol. The van der Waals surface area contributed by atoms with Gasteiger partial charge in [-0.05, 0) is 61.4 Å². The molecule has 5 rings (SSSR count). The lowest BCUT2D eigenvalue weighted by Crippen LogP contribution is -2.18. The average Bonchev–Trinajstić information content (AvgIpc) is 3.20. The summed E-state index contributed by atoms with van der Waals surface area (Å²) >= 11 is 0. The van der Waals surface area contributed by atoms with Crippen LogP contribution >= 0.6 is 0 Å². The van der Waals surface area contributed by atoms with Gasteiger partial charge in [0, 0.05) is 18.4 Å². The molecule has 0 unspecified atom stereocenters. The van der Waals surface area contributed by atoms with Crippen LogP contribution in [0.3, 0.4) is 0 Å². The minimum atomic E-state index is -0.317. The summed E-state index contributed by atoms with van der Waals surface area (Å²) in [7, 11) is 0. The molecule has 0 atom stereocenters. The third kappa shape index (κ3) is 4.03. The van der Waals surface area contributed by atoms with Crippen LogP contribution in [0.5, 0.6) is 5.75 Å². The van der Waals surface area contributed by atoms with Gasteiger partial charge in [0.1, 0.15) is 22.7 Å². The van der Waals surface area contributed by atoms with Crippen LogP contribution in [0.25, 0.3) is 16.7 Å². The van der Waals surface area contributed by atoms with Crippen LogP contribution in [-0.4, -0.2) is 26.5 Å². The Morgan fingerprint density at radius 2 is 1.79 bits per heavy atom. The Kier molecular flexibility index (Phi) is 5.59. The molecule has 1 N–H and O–H groups in total. The fourth-order valence-electron chi connectivity index (χ4n) is 4.02. The number of carbonyl (C=O) groups excluding carboxylic acids is 1. The van der Waals surface area contributed by atoms with Gasteiger partial charge in [-0.15, -0.1) is 0 Å². The van der Waals surface area contributed by atoms with Crippen molar-refractivity contribution in [2.45, 2.75) is 20.4 Å². The molecule has 0 radical (unpaired) electrons. The predicted molar refractivity (Wildman–Crippen MR) is 133 cm³/mol. The summed E-state index contributed by atoms with van der Waals surface area (Å²) < 4.78 is 8.80. The van der Waals surface area contributed by atoms with Crippen molar-refractivity contribution in [2.24, 2.45) is 0 Å². The van der Waals surface area contributed by atoms with E-state index < -0.39 is 0 Å². The number of nitrogens with one attached hydrogen (secondary N) is 1. The molecule has 0 aliphatic heterocycles. The number of carbonyl (C=O) groups is 1. The number of aromatic nitrogens is 3. The van der Waals surface area contributed by atoms with Crippen molar-refractivity contribution in [1.82, 2.24) is 14.0 Å². The number of anilines is 1. The highest BCUT2D eigenvalue weighted by molar-refractivity contribution is 6.06. The van der Waals surface area contributed by atoms with Crippen molar-refractivity contribution in [3.05, 3.63) is 106 Å². The number of ether oxygens (including phenoxy) is 1. The average molecular weight is 453 g/mol. The summed E-state index contributed by atoms with van der Waals surface area (Å²) in [6.07, 6.45) is 1.76. The standard InChI is InChI=1S/C27H24N4O3/c1-3-34-21-12-10-20(11-13-21)28-26(32)23-15-22-25(30(23)17-19-7-5-4-6-8-19)29-24-14-9-18(2)16-31(24)27(22)33/h4-16H,3,17H2,1-2H3,(H,28,32). The first-order valence-electron chi connectivity index (χ1n) is 11.1. The Hall–Kier alpha value is -4.39. The second-order valence-electron chi connectivity index (χ2n) is 8.10. The van der Waals surface area contributed by atoms with Gasteiger partial charge in [0.25, 0.3) is 11.5 Å². The van der Waals surface area contributed by atoms with Gasteiger partial charge in [-0.25, -0.2) is 4.98 Å². The van der Waals surface area contributed by atoms with Gasteiger partial charge in [-0.2, -0.15) is 0 Å². The smallest absolute Gasteiger partial charge is 0.272 e. The molecule has 3 heterocycles. The lowest BCUT2D eigenvalue weighted by atomic mass is 10.2. The zero-order chi connectivity index (χ0) is 23.7. The van der Waals surface area contributed by atoms with Gasteiger partial charge >= 0.3 is 0 Å². The van der Waals surface area contributed by atoms with E-state index >= 15 is 0 Å². The molecule has 7 heteroatoms. The third-order valence-electron chi connectivity index (χ3n) is 5.65. The molecule has 3 aromatic heterocycles. The highest BCUT2D eigenvalue weighted by Crippen LogP contribution is 2.21. The normalized spacial score (nSPS) is 11.1. The monoisotopic (exact) mass is 452 g/mol. The Morgan fingerprint density at radius 3 is 2.53 bits per heavy atom. The second-order valence-corrected chi connectivity index (χ2v) is 8.10. The third-order valence-corrected chi connectivity index (χ3v) is 5.65. The van der Waals surface area contributed by atoms with E-state index in [2.05, 4.69) is 5.32 Å². The molecule has 1 amide bonds. The van der Waals surface area contributed by atoms with Gasteiger partial charge in [0.2, 0.25) is 0 Å². The lowest BCUT2D eigenvalue weighted by Gasteiger charge is -2.12. The number of aryl methyl sites for hydroxylation is 1. The van der Waals surface area contributed by atoms with Crippen LogP contribution in [0.2, 0.25) is 0 Å². The summed E-state index contributed by atoms with van der Waals surface area (Å²) in [4.78, 5) is 31.4. The summed E-state index contributed by atoms with van der Waals surface area (Å²) in [6.45, 7) is 4.82. The summed E-state index contributed by atoms with van der Waals surface area (Å²) in [5.41, 5.74) is 3.77. The number of fused-ring (bicyclic) bond motifs is 2. The minimum Gasteiger partial charge on any atom is -0.494 e. The SMILES string of the molecule is CCOc1ccc(NC(=O)c2cc3c(=O)n4cc(C)ccc4nc3n2Cc2ccccc2)cc1. The maximum Gasteiger partial charge on any atom is 0.272 e. The minimum absolute atomic E-state index is 0.203. The number of hydrogen-bond acceptors (Lipinski definition) is 4. The molecule has 0 saturated carbocycles. The van der Waals surface area contributed by atoms with E-state index in [-0.39, 0.29) is 11.5 Å². The number of benzene rings is 2. The van der Waals surface area contributed by atoms with E-state index in [0.29, 0.717) is 41.2 Å². The van der Waals surface area contributed by atoms with Gasteiger partial charge in [0.05, 0.1) is 12.0 Å². The summed E-state index contributed by atoms with van der Waals surface area (Å²) in [5, 5.41) is 3.33. The lowest BCUT2D eigenvalue weighted by molar-refractivity contribution is 0.101. The number of hydrogen-bond donors (Lipinski definition) is 1. The fourth-order valence-corrected chi connectivity index (χ4v) is 4.02. The van der Waals surface area contributed by atoms with Crippen molar-refractivity contribution >= 4 is 28.3 Å². The summed E-state index contributed by atoms with van der Waals surface area (Å²) in [5.74, 6) is 0.417. The van der Waals surface area contributed by atoms with Gasteiger partial charge in [-0.3, -0.25) is 14.0 Å². The van der Waals surface area contributed by atoms with Gasteiger partial charge in [-0.1, -0.05) is 36.4 Å². The van der Waals surface area contributed by atoms with Crippen molar-refractivity contribution in [2.75, 3.05) is 11.9 Å². The van der Waals surface area contributed by atoms with E-state index in [4.69, 9.17) is 9.72 Å². The molecular formula is C27H24N4O3. The first kappa shape index (κ1) is 21.5. The topological polar surface area (TPSA) is 77.6 Å². The first-order chi connectivity index (χ1) is 16.5. The Bertz CT molecular complexity index is 1550. The van der Waals surface area contributed by atoms with Crippen LogP contribution in [0.15, 0.2) is 83.8 Å². The molecule has 0 aliphatic rings. The van der Waals surface area contributed by atoms with E-state index in [9.17, 15) is 9.59 Å².